The van der Waals surface area contributed by atoms with Crippen LogP contribution < -0.4 is 0 Å². The first-order chi connectivity index (χ1) is 7.22. The second-order valence-corrected chi connectivity index (χ2v) is 3.44. The van der Waals surface area contributed by atoms with E-state index < -0.39 is 5.97 Å². The molecule has 0 saturated carbocycles. The van der Waals surface area contributed by atoms with E-state index >= 15 is 0 Å². The Bertz CT molecular complexity index is 502. The van der Waals surface area contributed by atoms with Gasteiger partial charge in [-0.05, 0) is 18.6 Å². The van der Waals surface area contributed by atoms with Gasteiger partial charge in [-0.3, -0.25) is 4.68 Å². The molecule has 0 atom stereocenters. The van der Waals surface area contributed by atoms with E-state index in [-0.39, 0.29) is 0 Å². The number of carbonyl (C=O) groups is 1. The summed E-state index contributed by atoms with van der Waals surface area (Å²) in [7, 11) is 0. The van der Waals surface area contributed by atoms with Crippen LogP contribution in [0.1, 0.15) is 23.7 Å². The van der Waals surface area contributed by atoms with E-state index in [4.69, 9.17) is 5.11 Å². The first-order valence-electron chi connectivity index (χ1n) is 4.92. The quantitative estimate of drug-likeness (QED) is 0.833. The van der Waals surface area contributed by atoms with Gasteiger partial charge in [0, 0.05) is 18.1 Å². The minimum atomic E-state index is -0.906. The summed E-state index contributed by atoms with van der Waals surface area (Å²) in [5, 5.41) is 14.0. The number of carboxylic acid groups (broad SMARTS) is 1. The van der Waals surface area contributed by atoms with Gasteiger partial charge < -0.3 is 5.11 Å². The molecule has 78 valence electrons. The van der Waals surface area contributed by atoms with Crippen LogP contribution >= 0.6 is 0 Å². The summed E-state index contributed by atoms with van der Waals surface area (Å²) in [5.74, 6) is -0.906. The fourth-order valence-corrected chi connectivity index (χ4v) is 1.62. The molecule has 0 aliphatic rings. The molecule has 1 N–H and O–H groups in total. The van der Waals surface area contributed by atoms with Crippen LogP contribution in [0.4, 0.5) is 0 Å². The number of benzene rings is 1. The SMILES string of the molecule is CCCn1cc2c(C(=O)O)cccc2n1. The Morgan fingerprint density at radius 1 is 1.53 bits per heavy atom. The Hall–Kier alpha value is -1.84. The number of carboxylic acids is 1. The number of aryl methyl sites for hydroxylation is 1. The van der Waals surface area contributed by atoms with E-state index in [0.29, 0.717) is 10.9 Å². The van der Waals surface area contributed by atoms with Crippen molar-refractivity contribution in [1.29, 1.82) is 0 Å². The second kappa shape index (κ2) is 3.73. The predicted molar refractivity (Wildman–Crippen MR) is 57.0 cm³/mol. The van der Waals surface area contributed by atoms with Crippen molar-refractivity contribution in [3.63, 3.8) is 0 Å². The average molecular weight is 204 g/mol. The van der Waals surface area contributed by atoms with Crippen LogP contribution in [0.15, 0.2) is 24.4 Å². The van der Waals surface area contributed by atoms with Gasteiger partial charge in [0.1, 0.15) is 0 Å². The number of rotatable bonds is 3. The highest BCUT2D eigenvalue weighted by Gasteiger charge is 2.10. The summed E-state index contributed by atoms with van der Waals surface area (Å²) >= 11 is 0. The van der Waals surface area contributed by atoms with Crippen LogP contribution in [-0.4, -0.2) is 20.9 Å². The highest BCUT2D eigenvalue weighted by atomic mass is 16.4. The van der Waals surface area contributed by atoms with Crippen molar-refractivity contribution in [2.45, 2.75) is 19.9 Å². The number of hydrogen-bond donors (Lipinski definition) is 1. The van der Waals surface area contributed by atoms with Crippen LogP contribution in [0.5, 0.6) is 0 Å². The van der Waals surface area contributed by atoms with Gasteiger partial charge in [0.15, 0.2) is 0 Å². The summed E-state index contributed by atoms with van der Waals surface area (Å²) in [6.45, 7) is 2.87. The largest absolute Gasteiger partial charge is 0.478 e. The lowest BCUT2D eigenvalue weighted by Crippen LogP contribution is -1.96. The second-order valence-electron chi connectivity index (χ2n) is 3.44. The number of aromatic carboxylic acids is 1. The maximum atomic E-state index is 10.9. The molecule has 0 spiro atoms. The number of hydrogen-bond acceptors (Lipinski definition) is 2. The van der Waals surface area contributed by atoms with Crippen LogP contribution in [0, 0.1) is 0 Å². The van der Waals surface area contributed by atoms with Crippen molar-refractivity contribution in [2.24, 2.45) is 0 Å². The molecule has 0 amide bonds. The van der Waals surface area contributed by atoms with Crippen molar-refractivity contribution in [3.05, 3.63) is 30.0 Å². The lowest BCUT2D eigenvalue weighted by Gasteiger charge is -1.94. The first-order valence-corrected chi connectivity index (χ1v) is 4.92. The molecule has 0 aliphatic heterocycles. The molecule has 15 heavy (non-hydrogen) atoms. The standard InChI is InChI=1S/C11H12N2O2/c1-2-6-13-7-9-8(11(14)15)4-3-5-10(9)12-13/h3-5,7H,2,6H2,1H3,(H,14,15). The molecule has 0 bridgehead atoms. The Labute approximate surface area is 87.1 Å². The topological polar surface area (TPSA) is 55.1 Å². The van der Waals surface area contributed by atoms with E-state index in [1.807, 2.05) is 6.07 Å². The summed E-state index contributed by atoms with van der Waals surface area (Å²) in [5.41, 5.74) is 1.05. The van der Waals surface area contributed by atoms with Crippen LogP contribution in [0.3, 0.4) is 0 Å². The molecular weight excluding hydrogens is 192 g/mol. The number of nitrogens with zero attached hydrogens (tertiary/aromatic N) is 2. The van der Waals surface area contributed by atoms with Crippen LogP contribution in [0.2, 0.25) is 0 Å². The average Bonchev–Trinajstić information content (AvgIpc) is 2.59. The summed E-state index contributed by atoms with van der Waals surface area (Å²) in [4.78, 5) is 10.9. The summed E-state index contributed by atoms with van der Waals surface area (Å²) in [6, 6.07) is 5.14. The zero-order valence-electron chi connectivity index (χ0n) is 8.47. The third-order valence-corrected chi connectivity index (χ3v) is 2.28. The van der Waals surface area contributed by atoms with Crippen molar-refractivity contribution in [1.82, 2.24) is 9.78 Å². The zero-order valence-corrected chi connectivity index (χ0v) is 8.47. The highest BCUT2D eigenvalue weighted by molar-refractivity contribution is 6.02. The van der Waals surface area contributed by atoms with E-state index in [9.17, 15) is 4.79 Å². The van der Waals surface area contributed by atoms with Gasteiger partial charge in [-0.1, -0.05) is 13.0 Å². The minimum Gasteiger partial charge on any atom is -0.478 e. The molecule has 1 aromatic heterocycles. The monoisotopic (exact) mass is 204 g/mol. The minimum absolute atomic E-state index is 0.315. The van der Waals surface area contributed by atoms with Crippen LogP contribution in [-0.2, 0) is 6.54 Å². The maximum absolute atomic E-state index is 10.9. The lowest BCUT2D eigenvalue weighted by atomic mass is 10.1. The van der Waals surface area contributed by atoms with Crippen molar-refractivity contribution >= 4 is 16.9 Å². The Kier molecular flexibility index (Phi) is 2.41. The van der Waals surface area contributed by atoms with Gasteiger partial charge in [0.25, 0.3) is 0 Å². The van der Waals surface area contributed by atoms with Gasteiger partial charge in [0.05, 0.1) is 11.1 Å². The molecule has 1 aromatic carbocycles. The molecule has 0 radical (unpaired) electrons. The molecule has 4 nitrogen and oxygen atoms in total. The highest BCUT2D eigenvalue weighted by Crippen LogP contribution is 2.17. The Balaban J connectivity index is 2.59. The van der Waals surface area contributed by atoms with Gasteiger partial charge in [-0.2, -0.15) is 5.10 Å². The third kappa shape index (κ3) is 1.70. The molecule has 1 heterocycles. The first kappa shape index (κ1) is 9.71. The van der Waals surface area contributed by atoms with E-state index in [1.54, 1.807) is 23.0 Å². The summed E-state index contributed by atoms with van der Waals surface area (Å²) in [6.07, 6.45) is 2.78. The van der Waals surface area contributed by atoms with Gasteiger partial charge >= 0.3 is 5.97 Å². The lowest BCUT2D eigenvalue weighted by molar-refractivity contribution is 0.0699. The molecule has 0 aliphatic carbocycles. The number of fused-ring (bicyclic) bond motifs is 1. The predicted octanol–water partition coefficient (Wildman–Crippen LogP) is 2.14. The van der Waals surface area contributed by atoms with Crippen molar-refractivity contribution in [2.75, 3.05) is 0 Å². The van der Waals surface area contributed by atoms with E-state index in [2.05, 4.69) is 12.0 Å². The van der Waals surface area contributed by atoms with E-state index in [0.717, 1.165) is 18.5 Å². The molecule has 4 heteroatoms. The van der Waals surface area contributed by atoms with Gasteiger partial charge in [-0.25, -0.2) is 4.79 Å². The molecule has 2 aromatic rings. The molecule has 0 unspecified atom stereocenters. The van der Waals surface area contributed by atoms with Crippen molar-refractivity contribution in [3.8, 4) is 0 Å². The Morgan fingerprint density at radius 3 is 3.00 bits per heavy atom. The van der Waals surface area contributed by atoms with Crippen molar-refractivity contribution < 1.29 is 9.90 Å². The Morgan fingerprint density at radius 2 is 2.33 bits per heavy atom. The van der Waals surface area contributed by atoms with E-state index in [1.165, 1.54) is 0 Å². The zero-order chi connectivity index (χ0) is 10.8. The van der Waals surface area contributed by atoms with Gasteiger partial charge in [0.2, 0.25) is 0 Å². The smallest absolute Gasteiger partial charge is 0.336 e. The molecule has 0 saturated heterocycles. The number of aromatic nitrogens is 2. The fraction of sp³-hybridized carbons (Fsp3) is 0.273. The molecule has 2 rings (SSSR count). The molecule has 0 fully saturated rings. The normalized spacial score (nSPS) is 10.7. The fourth-order valence-electron chi connectivity index (χ4n) is 1.62. The van der Waals surface area contributed by atoms with Gasteiger partial charge in [-0.15, -0.1) is 0 Å². The molecular formula is C11H12N2O2. The maximum Gasteiger partial charge on any atom is 0.336 e. The summed E-state index contributed by atoms with van der Waals surface area (Å²) < 4.78 is 1.79. The third-order valence-electron chi connectivity index (χ3n) is 2.28. The van der Waals surface area contributed by atoms with Crippen LogP contribution in [0.25, 0.3) is 10.9 Å².